The minimum Gasteiger partial charge on any atom is -0.494 e. The predicted octanol–water partition coefficient (Wildman–Crippen LogP) is 13.7. The summed E-state index contributed by atoms with van der Waals surface area (Å²) in [5, 5.41) is 2.81. The lowest BCUT2D eigenvalue weighted by Gasteiger charge is -2.08. The normalized spacial score (nSPS) is 11.0. The third-order valence-electron chi connectivity index (χ3n) is 10.3. The van der Waals surface area contributed by atoms with Crippen molar-refractivity contribution >= 4 is 17.6 Å². The zero-order valence-electron chi connectivity index (χ0n) is 34.8. The Bertz CT molecular complexity index is 1540. The van der Waals surface area contributed by atoms with Crippen LogP contribution in [0, 0.1) is 0 Å². The highest BCUT2D eigenvalue weighted by atomic mass is 16.5. The highest BCUT2D eigenvalue weighted by Gasteiger charge is 2.12. The lowest BCUT2D eigenvalue weighted by Crippen LogP contribution is -2.13. The van der Waals surface area contributed by atoms with Crippen molar-refractivity contribution in [2.24, 2.45) is 0 Å². The molecule has 1 amide bonds. The molecule has 7 nitrogen and oxygen atoms in total. The molecule has 0 spiro atoms. The molecule has 1 N–H and O–H groups in total. The van der Waals surface area contributed by atoms with Gasteiger partial charge in [0, 0.05) is 11.3 Å². The van der Waals surface area contributed by atoms with E-state index in [-0.39, 0.29) is 11.7 Å². The molecular weight excluding hydrogens is 699 g/mol. The van der Waals surface area contributed by atoms with E-state index in [0.29, 0.717) is 35.8 Å². The number of rotatable bonds is 32. The number of unbranched alkanes of at least 4 members (excludes halogenated alkanes) is 22. The summed E-state index contributed by atoms with van der Waals surface area (Å²) in [7, 11) is 0. The van der Waals surface area contributed by atoms with Crippen LogP contribution in [0.2, 0.25) is 0 Å². The number of amides is 1. The van der Waals surface area contributed by atoms with Gasteiger partial charge in [-0.3, -0.25) is 9.59 Å². The van der Waals surface area contributed by atoms with Crippen LogP contribution in [0.5, 0.6) is 17.2 Å². The van der Waals surface area contributed by atoms with Gasteiger partial charge in [0.2, 0.25) is 5.43 Å². The first kappa shape index (κ1) is 46.3. The van der Waals surface area contributed by atoms with Crippen LogP contribution in [0.15, 0.2) is 77.6 Å². The number of ether oxygens (including phenoxy) is 3. The molecule has 0 unspecified atom stereocenters. The minimum absolute atomic E-state index is 0.127. The van der Waals surface area contributed by atoms with E-state index in [0.717, 1.165) is 25.0 Å². The fourth-order valence-corrected chi connectivity index (χ4v) is 6.74. The molecule has 7 heteroatoms. The van der Waals surface area contributed by atoms with Gasteiger partial charge in [-0.1, -0.05) is 155 Å². The Morgan fingerprint density at radius 1 is 0.446 bits per heavy atom. The Morgan fingerprint density at radius 2 is 0.821 bits per heavy atom. The summed E-state index contributed by atoms with van der Waals surface area (Å²) in [5.74, 6) is 0.327. The second-order valence-corrected chi connectivity index (χ2v) is 15.2. The third-order valence-corrected chi connectivity index (χ3v) is 10.3. The summed E-state index contributed by atoms with van der Waals surface area (Å²) in [6.07, 6.45) is 31.2. The Labute approximate surface area is 338 Å². The number of esters is 1. The van der Waals surface area contributed by atoms with E-state index in [1.807, 2.05) is 0 Å². The molecule has 0 bridgehead atoms. The fraction of sp³-hybridized carbons (Fsp3) is 0.571. The fourth-order valence-electron chi connectivity index (χ4n) is 6.74. The van der Waals surface area contributed by atoms with Crippen LogP contribution < -0.4 is 25.0 Å². The molecule has 3 aromatic rings. The van der Waals surface area contributed by atoms with Crippen molar-refractivity contribution in [2.75, 3.05) is 18.5 Å². The van der Waals surface area contributed by atoms with Crippen LogP contribution >= 0.6 is 0 Å². The van der Waals surface area contributed by atoms with Crippen molar-refractivity contribution in [3.05, 3.63) is 94.1 Å². The molecule has 0 saturated heterocycles. The van der Waals surface area contributed by atoms with Crippen LogP contribution in [-0.2, 0) is 0 Å². The minimum atomic E-state index is -0.646. The van der Waals surface area contributed by atoms with E-state index >= 15 is 0 Å². The van der Waals surface area contributed by atoms with Crippen LogP contribution in [0.4, 0.5) is 5.69 Å². The molecule has 0 aliphatic carbocycles. The number of carbonyl (C=O) groups is 2. The summed E-state index contributed by atoms with van der Waals surface area (Å²) in [4.78, 5) is 38.5. The number of carbonyl (C=O) groups excluding carboxylic acids is 2. The van der Waals surface area contributed by atoms with Crippen LogP contribution in [0.25, 0.3) is 0 Å². The summed E-state index contributed by atoms with van der Waals surface area (Å²) in [5.41, 5.74) is 0.695. The molecule has 0 aliphatic heterocycles. The van der Waals surface area contributed by atoms with Gasteiger partial charge in [0.1, 0.15) is 11.5 Å². The average Bonchev–Trinajstić information content (AvgIpc) is 3.38. The van der Waals surface area contributed by atoms with Crippen LogP contribution in [0.3, 0.4) is 0 Å². The smallest absolute Gasteiger partial charge is 0.343 e. The monoisotopic (exact) mass is 770 g/mol. The van der Waals surface area contributed by atoms with E-state index < -0.39 is 11.4 Å². The van der Waals surface area contributed by atoms with E-state index in [1.54, 1.807) is 54.6 Å². The Hall–Kier alpha value is -4.13. The first-order valence-electron chi connectivity index (χ1n) is 22.1. The molecule has 56 heavy (non-hydrogen) atoms. The second-order valence-electron chi connectivity index (χ2n) is 15.2. The first-order chi connectivity index (χ1) is 27.5. The van der Waals surface area contributed by atoms with Crippen molar-refractivity contribution in [3.63, 3.8) is 0 Å². The number of anilines is 1. The quantitative estimate of drug-likeness (QED) is 0.0502. The Balaban J connectivity index is 1.30. The van der Waals surface area contributed by atoms with E-state index in [2.05, 4.69) is 19.2 Å². The molecule has 3 rings (SSSR count). The molecule has 0 radical (unpaired) electrons. The Kier molecular flexibility index (Phi) is 24.8. The molecule has 308 valence electrons. The van der Waals surface area contributed by atoms with Gasteiger partial charge in [0.25, 0.3) is 5.91 Å². The maximum absolute atomic E-state index is 12.9. The number of hydrogen-bond donors (Lipinski definition) is 1. The van der Waals surface area contributed by atoms with Crippen molar-refractivity contribution < 1.29 is 23.8 Å². The summed E-state index contributed by atoms with van der Waals surface area (Å²) in [6.45, 7) is 5.82. The SMILES string of the molecule is CCCCCCCCCCCCCCOc1ccc(C(=O)Nc2ccc(OC(=O)c3ccc(OCCCCCCCCCCCCCC)cc3)c(=O)cc2)cc1. The standard InChI is InChI=1S/C49H71NO6/c1-3-5-7-9-11-13-15-17-19-21-23-25-39-54-44-33-27-41(28-34-44)48(52)50-43-31-37-46(51)47(38-32-43)56-49(53)42-29-35-45(36-30-42)55-40-26-24-22-20-18-16-14-12-10-8-6-4-2/h27-38H,3-26,39-40H2,1-2H3,(H,50,52). The lowest BCUT2D eigenvalue weighted by atomic mass is 10.1. The van der Waals surface area contributed by atoms with E-state index in [1.165, 1.54) is 153 Å². The maximum Gasteiger partial charge on any atom is 0.343 e. The topological polar surface area (TPSA) is 90.9 Å². The van der Waals surface area contributed by atoms with Gasteiger partial charge < -0.3 is 19.5 Å². The first-order valence-corrected chi connectivity index (χ1v) is 22.1. The molecule has 0 saturated carbocycles. The highest BCUT2D eigenvalue weighted by Crippen LogP contribution is 2.19. The molecule has 0 aliphatic rings. The van der Waals surface area contributed by atoms with Gasteiger partial charge in [-0.2, -0.15) is 0 Å². The van der Waals surface area contributed by atoms with Crippen LogP contribution in [0.1, 0.15) is 189 Å². The summed E-state index contributed by atoms with van der Waals surface area (Å²) >= 11 is 0. The maximum atomic E-state index is 12.9. The second kappa shape index (κ2) is 30.1. The van der Waals surface area contributed by atoms with Crippen LogP contribution in [-0.4, -0.2) is 25.1 Å². The molecular formula is C49H71NO6. The molecule has 0 atom stereocenters. The van der Waals surface area contributed by atoms with Crippen molar-refractivity contribution in [1.29, 1.82) is 0 Å². The van der Waals surface area contributed by atoms with Crippen molar-refractivity contribution in [2.45, 2.75) is 168 Å². The van der Waals surface area contributed by atoms with Gasteiger partial charge in [0.05, 0.1) is 18.8 Å². The zero-order chi connectivity index (χ0) is 39.9. The lowest BCUT2D eigenvalue weighted by molar-refractivity contribution is 0.0733. The van der Waals surface area contributed by atoms with Crippen molar-refractivity contribution in [1.82, 2.24) is 0 Å². The van der Waals surface area contributed by atoms with E-state index in [4.69, 9.17) is 14.2 Å². The number of nitrogens with one attached hydrogen (secondary N) is 1. The van der Waals surface area contributed by atoms with Gasteiger partial charge in [-0.15, -0.1) is 0 Å². The van der Waals surface area contributed by atoms with Gasteiger partial charge in [0.15, 0.2) is 5.75 Å². The molecule has 3 aromatic carbocycles. The van der Waals surface area contributed by atoms with Crippen molar-refractivity contribution in [3.8, 4) is 17.2 Å². The molecule has 0 heterocycles. The van der Waals surface area contributed by atoms with Gasteiger partial charge >= 0.3 is 5.97 Å². The largest absolute Gasteiger partial charge is 0.494 e. The summed E-state index contributed by atoms with van der Waals surface area (Å²) in [6, 6.07) is 19.5. The molecule has 0 aromatic heterocycles. The number of hydrogen-bond acceptors (Lipinski definition) is 6. The predicted molar refractivity (Wildman–Crippen MR) is 232 cm³/mol. The van der Waals surface area contributed by atoms with Gasteiger partial charge in [-0.05, 0) is 85.6 Å². The van der Waals surface area contributed by atoms with Gasteiger partial charge in [-0.25, -0.2) is 4.79 Å². The average molecular weight is 770 g/mol. The zero-order valence-corrected chi connectivity index (χ0v) is 34.8. The van der Waals surface area contributed by atoms with E-state index in [9.17, 15) is 14.4 Å². The highest BCUT2D eigenvalue weighted by molar-refractivity contribution is 6.04. The number of benzene rings is 2. The Morgan fingerprint density at radius 3 is 1.25 bits per heavy atom. The summed E-state index contributed by atoms with van der Waals surface area (Å²) < 4.78 is 17.2. The molecule has 0 fully saturated rings. The third kappa shape index (κ3) is 20.7.